The van der Waals surface area contributed by atoms with E-state index in [4.69, 9.17) is 4.74 Å². The highest BCUT2D eigenvalue weighted by atomic mass is 16.5. The first-order valence-electron chi connectivity index (χ1n) is 9.56. The third-order valence-corrected chi connectivity index (χ3v) is 5.02. The zero-order chi connectivity index (χ0) is 21.0. The van der Waals surface area contributed by atoms with E-state index < -0.39 is 17.7 Å². The van der Waals surface area contributed by atoms with Crippen molar-refractivity contribution in [1.29, 1.82) is 0 Å². The minimum Gasteiger partial charge on any atom is -0.507 e. The van der Waals surface area contributed by atoms with Gasteiger partial charge < -0.3 is 19.6 Å². The molecule has 6 nitrogen and oxygen atoms in total. The molecule has 3 rings (SSSR count). The summed E-state index contributed by atoms with van der Waals surface area (Å²) in [6, 6.07) is 15.4. The topological polar surface area (TPSA) is 70.1 Å². The van der Waals surface area contributed by atoms with Crippen molar-refractivity contribution in [1.82, 2.24) is 9.80 Å². The number of aliphatic hydroxyl groups is 1. The molecule has 1 aliphatic rings. The number of rotatable bonds is 7. The van der Waals surface area contributed by atoms with Crippen LogP contribution in [-0.2, 0) is 9.59 Å². The maximum absolute atomic E-state index is 12.9. The Labute approximate surface area is 171 Å². The molecular weight excluding hydrogens is 368 g/mol. The Morgan fingerprint density at radius 2 is 1.72 bits per heavy atom. The molecular formula is C23H26N2O4. The number of hydrogen-bond acceptors (Lipinski definition) is 5. The van der Waals surface area contributed by atoms with Gasteiger partial charge in [-0.15, -0.1) is 0 Å². The van der Waals surface area contributed by atoms with E-state index in [1.807, 2.05) is 37.2 Å². The molecule has 152 valence electrons. The maximum atomic E-state index is 12.9. The van der Waals surface area contributed by atoms with E-state index >= 15 is 0 Å². The molecule has 0 aromatic heterocycles. The van der Waals surface area contributed by atoms with Crippen LogP contribution in [0.4, 0.5) is 0 Å². The van der Waals surface area contributed by atoms with Gasteiger partial charge in [0.15, 0.2) is 0 Å². The van der Waals surface area contributed by atoms with Crippen molar-refractivity contribution in [2.75, 3.05) is 34.3 Å². The van der Waals surface area contributed by atoms with E-state index in [2.05, 4.69) is 0 Å². The number of carbonyl (C=O) groups is 2. The number of nitrogens with zero attached hydrogens (tertiary/aromatic N) is 2. The summed E-state index contributed by atoms with van der Waals surface area (Å²) in [7, 11) is 5.51. The standard InChI is InChI=1S/C23H26N2O4/c1-24(2)14-7-15-25-20(16-10-12-18(29-3)13-11-16)19(22(27)23(25)28)21(26)17-8-5-4-6-9-17/h4-6,8-13,20,26H,7,14-15H2,1-3H3/t20-/m0/s1. The summed E-state index contributed by atoms with van der Waals surface area (Å²) in [4.78, 5) is 29.3. The van der Waals surface area contributed by atoms with Crippen LogP contribution < -0.4 is 4.74 Å². The van der Waals surface area contributed by atoms with Crippen molar-refractivity contribution in [3.63, 3.8) is 0 Å². The number of ketones is 1. The second kappa shape index (κ2) is 8.92. The molecule has 0 saturated carbocycles. The molecule has 0 spiro atoms. The molecule has 1 fully saturated rings. The number of aliphatic hydroxyl groups excluding tert-OH is 1. The predicted octanol–water partition coefficient (Wildman–Crippen LogP) is 3.07. The highest BCUT2D eigenvalue weighted by molar-refractivity contribution is 6.46. The smallest absolute Gasteiger partial charge is 0.295 e. The molecule has 0 unspecified atom stereocenters. The number of methoxy groups -OCH3 is 1. The fourth-order valence-electron chi connectivity index (χ4n) is 3.55. The summed E-state index contributed by atoms with van der Waals surface area (Å²) < 4.78 is 5.22. The van der Waals surface area contributed by atoms with E-state index in [-0.39, 0.29) is 11.3 Å². The van der Waals surface area contributed by atoms with E-state index in [0.29, 0.717) is 17.9 Å². The highest BCUT2D eigenvalue weighted by Gasteiger charge is 2.45. The Morgan fingerprint density at radius 1 is 1.07 bits per heavy atom. The summed E-state index contributed by atoms with van der Waals surface area (Å²) in [5.41, 5.74) is 1.39. The zero-order valence-electron chi connectivity index (χ0n) is 17.0. The Balaban J connectivity index is 2.06. The first-order chi connectivity index (χ1) is 13.9. The maximum Gasteiger partial charge on any atom is 0.295 e. The molecule has 1 heterocycles. The quantitative estimate of drug-likeness (QED) is 0.444. The molecule has 1 atom stereocenters. The molecule has 6 heteroatoms. The van der Waals surface area contributed by atoms with Gasteiger partial charge in [-0.25, -0.2) is 0 Å². The number of likely N-dealkylation sites (tertiary alicyclic amines) is 1. The van der Waals surface area contributed by atoms with Crippen molar-refractivity contribution in [3.05, 3.63) is 71.3 Å². The van der Waals surface area contributed by atoms with Gasteiger partial charge in [0.1, 0.15) is 11.5 Å². The van der Waals surface area contributed by atoms with Crippen LogP contribution in [0.25, 0.3) is 5.76 Å². The van der Waals surface area contributed by atoms with E-state index in [1.165, 1.54) is 0 Å². The normalized spacial score (nSPS) is 18.5. The van der Waals surface area contributed by atoms with E-state index in [0.717, 1.165) is 18.5 Å². The number of Topliss-reactive ketones (excluding diaryl/α,β-unsaturated/α-hetero) is 1. The SMILES string of the molecule is COc1ccc([C@H]2C(=C(O)c3ccccc3)C(=O)C(=O)N2CCCN(C)C)cc1. The zero-order valence-corrected chi connectivity index (χ0v) is 17.0. The van der Waals surface area contributed by atoms with Crippen LogP contribution in [0, 0.1) is 0 Å². The van der Waals surface area contributed by atoms with Gasteiger partial charge >= 0.3 is 0 Å². The lowest BCUT2D eigenvalue weighted by Gasteiger charge is -2.26. The van der Waals surface area contributed by atoms with E-state index in [9.17, 15) is 14.7 Å². The molecule has 0 radical (unpaired) electrons. The fourth-order valence-corrected chi connectivity index (χ4v) is 3.55. The van der Waals surface area contributed by atoms with Crippen molar-refractivity contribution >= 4 is 17.4 Å². The molecule has 0 aliphatic carbocycles. The van der Waals surface area contributed by atoms with Crippen LogP contribution in [0.15, 0.2) is 60.2 Å². The lowest BCUT2D eigenvalue weighted by Crippen LogP contribution is -2.32. The first-order valence-corrected chi connectivity index (χ1v) is 9.56. The van der Waals surface area contributed by atoms with Gasteiger partial charge in [0, 0.05) is 12.1 Å². The van der Waals surface area contributed by atoms with Gasteiger partial charge in [0.25, 0.3) is 11.7 Å². The summed E-state index contributed by atoms with van der Waals surface area (Å²) >= 11 is 0. The molecule has 1 N–H and O–H groups in total. The Hall–Kier alpha value is -3.12. The van der Waals surface area contributed by atoms with Crippen LogP contribution in [-0.4, -0.2) is 60.9 Å². The monoisotopic (exact) mass is 394 g/mol. The summed E-state index contributed by atoms with van der Waals surface area (Å²) in [6.07, 6.45) is 0.720. The minimum atomic E-state index is -0.656. The van der Waals surface area contributed by atoms with Crippen molar-refractivity contribution in [2.45, 2.75) is 12.5 Å². The second-order valence-electron chi connectivity index (χ2n) is 7.29. The largest absolute Gasteiger partial charge is 0.507 e. The Kier molecular flexibility index (Phi) is 6.34. The number of carbonyl (C=O) groups excluding carboxylic acids is 2. The second-order valence-corrected chi connectivity index (χ2v) is 7.29. The van der Waals surface area contributed by atoms with Crippen LogP contribution in [0.2, 0.25) is 0 Å². The summed E-state index contributed by atoms with van der Waals surface area (Å²) in [5.74, 6) is -0.708. The molecule has 1 aliphatic heterocycles. The minimum absolute atomic E-state index is 0.121. The van der Waals surface area contributed by atoms with Crippen LogP contribution >= 0.6 is 0 Å². The fraction of sp³-hybridized carbons (Fsp3) is 0.304. The third kappa shape index (κ3) is 4.32. The summed E-state index contributed by atoms with van der Waals surface area (Å²) in [5, 5.41) is 10.9. The van der Waals surface area contributed by atoms with E-state index in [1.54, 1.807) is 48.4 Å². The third-order valence-electron chi connectivity index (χ3n) is 5.02. The van der Waals surface area contributed by atoms with Crippen molar-refractivity contribution in [3.8, 4) is 5.75 Å². The molecule has 2 aromatic rings. The van der Waals surface area contributed by atoms with Crippen LogP contribution in [0.3, 0.4) is 0 Å². The highest BCUT2D eigenvalue weighted by Crippen LogP contribution is 2.39. The average Bonchev–Trinajstić information content (AvgIpc) is 2.98. The van der Waals surface area contributed by atoms with Gasteiger partial charge in [-0.2, -0.15) is 0 Å². The molecule has 0 bridgehead atoms. The van der Waals surface area contributed by atoms with Crippen LogP contribution in [0.5, 0.6) is 5.75 Å². The van der Waals surface area contributed by atoms with Gasteiger partial charge in [0.2, 0.25) is 0 Å². The average molecular weight is 394 g/mol. The molecule has 29 heavy (non-hydrogen) atoms. The summed E-state index contributed by atoms with van der Waals surface area (Å²) in [6.45, 7) is 1.21. The lowest BCUT2D eigenvalue weighted by molar-refractivity contribution is -0.139. The number of benzene rings is 2. The Bertz CT molecular complexity index is 904. The lowest BCUT2D eigenvalue weighted by atomic mass is 9.95. The molecule has 2 aromatic carbocycles. The van der Waals surface area contributed by atoms with Gasteiger partial charge in [0.05, 0.1) is 18.7 Å². The Morgan fingerprint density at radius 3 is 2.31 bits per heavy atom. The number of hydrogen-bond donors (Lipinski definition) is 1. The van der Waals surface area contributed by atoms with Gasteiger partial charge in [-0.05, 0) is 44.8 Å². The predicted molar refractivity (Wildman–Crippen MR) is 112 cm³/mol. The van der Waals surface area contributed by atoms with Gasteiger partial charge in [-0.3, -0.25) is 9.59 Å². The number of ether oxygens (including phenoxy) is 1. The molecule has 1 saturated heterocycles. The van der Waals surface area contributed by atoms with Gasteiger partial charge in [-0.1, -0.05) is 42.5 Å². The van der Waals surface area contributed by atoms with Crippen molar-refractivity contribution in [2.24, 2.45) is 0 Å². The molecule has 1 amide bonds. The van der Waals surface area contributed by atoms with Crippen LogP contribution in [0.1, 0.15) is 23.6 Å². The number of amides is 1. The first kappa shape index (κ1) is 20.6. The van der Waals surface area contributed by atoms with Crippen molar-refractivity contribution < 1.29 is 19.4 Å².